The summed E-state index contributed by atoms with van der Waals surface area (Å²) in [4.78, 5) is 27.4. The molecule has 2 unspecified atom stereocenters. The first-order valence-electron chi connectivity index (χ1n) is 11.5. The molecule has 1 fully saturated rings. The molecule has 6 nitrogen and oxygen atoms in total. The number of rotatable bonds is 7. The van der Waals surface area contributed by atoms with Crippen LogP contribution in [-0.4, -0.2) is 46.7 Å². The lowest BCUT2D eigenvalue weighted by Gasteiger charge is -2.27. The van der Waals surface area contributed by atoms with Crippen LogP contribution in [0.25, 0.3) is 0 Å². The van der Waals surface area contributed by atoms with Crippen molar-refractivity contribution >= 4 is 11.9 Å². The number of methoxy groups -OCH3 is 1. The zero-order valence-corrected chi connectivity index (χ0v) is 18.9. The summed E-state index contributed by atoms with van der Waals surface area (Å²) in [6.45, 7) is 4.61. The number of phenolic OH excluding ortho intramolecular Hbond substituents is 2. The third-order valence-corrected chi connectivity index (χ3v) is 6.59. The molecule has 1 aromatic carbocycles. The Balaban J connectivity index is 2.06. The number of likely N-dealkylation sites (tertiary alicyclic amines) is 1. The second kappa shape index (κ2) is 10.2. The maximum absolute atomic E-state index is 13.6. The van der Waals surface area contributed by atoms with Crippen LogP contribution < -0.4 is 0 Å². The van der Waals surface area contributed by atoms with E-state index in [2.05, 4.69) is 19.9 Å². The van der Waals surface area contributed by atoms with Gasteiger partial charge in [-0.1, -0.05) is 31.4 Å². The maximum atomic E-state index is 13.6. The van der Waals surface area contributed by atoms with Crippen LogP contribution >= 0.6 is 0 Å². The third-order valence-electron chi connectivity index (χ3n) is 6.59. The monoisotopic (exact) mass is 429 g/mol. The number of aryl methyl sites for hydroxylation is 1. The van der Waals surface area contributed by atoms with Gasteiger partial charge in [-0.15, -0.1) is 0 Å². The Bertz CT molecular complexity index is 860. The van der Waals surface area contributed by atoms with Gasteiger partial charge in [0.05, 0.1) is 12.7 Å². The van der Waals surface area contributed by atoms with E-state index in [4.69, 9.17) is 4.74 Å². The fraction of sp³-hybridized carbons (Fsp3) is 0.600. The highest BCUT2D eigenvalue weighted by Gasteiger charge is 2.38. The minimum Gasteiger partial charge on any atom is -0.507 e. The number of esters is 1. The first-order valence-corrected chi connectivity index (χ1v) is 11.5. The van der Waals surface area contributed by atoms with Crippen LogP contribution in [-0.2, 0) is 16.0 Å². The number of amides is 1. The lowest BCUT2D eigenvalue weighted by molar-refractivity contribution is -0.145. The van der Waals surface area contributed by atoms with Gasteiger partial charge in [0, 0.05) is 18.0 Å². The second-order valence-electron chi connectivity index (χ2n) is 8.84. The van der Waals surface area contributed by atoms with Crippen LogP contribution in [0.4, 0.5) is 0 Å². The van der Waals surface area contributed by atoms with E-state index in [0.717, 1.165) is 38.5 Å². The standard InChI is InChI=1S/C25H35NO5/c1-4-5-6-10-18-15-20(27)21(17-11-7-9-16(2)14-17)23(28)22(18)24(29)26-13-8-12-19(26)25(30)31-3/h14-15,17,19,27-28H,4-13H2,1-3H3. The van der Waals surface area contributed by atoms with E-state index >= 15 is 0 Å². The van der Waals surface area contributed by atoms with Gasteiger partial charge in [0.1, 0.15) is 17.5 Å². The molecule has 1 heterocycles. The van der Waals surface area contributed by atoms with Gasteiger partial charge < -0.3 is 19.8 Å². The number of ether oxygens (including phenoxy) is 1. The Morgan fingerprint density at radius 3 is 2.65 bits per heavy atom. The van der Waals surface area contributed by atoms with Crippen LogP contribution in [0.1, 0.15) is 92.6 Å². The molecular formula is C25H35NO5. The molecule has 2 aliphatic rings. The van der Waals surface area contributed by atoms with Crippen LogP contribution in [0, 0.1) is 0 Å². The average molecular weight is 430 g/mol. The lowest BCUT2D eigenvalue weighted by Crippen LogP contribution is -2.41. The zero-order chi connectivity index (χ0) is 22.5. The molecule has 1 saturated heterocycles. The van der Waals surface area contributed by atoms with E-state index in [1.54, 1.807) is 6.07 Å². The van der Waals surface area contributed by atoms with Crippen molar-refractivity contribution in [3.8, 4) is 11.5 Å². The minimum atomic E-state index is -0.630. The van der Waals surface area contributed by atoms with Crippen LogP contribution in [0.3, 0.4) is 0 Å². The normalized spacial score (nSPS) is 21.1. The highest BCUT2D eigenvalue weighted by molar-refractivity contribution is 6.01. The van der Waals surface area contributed by atoms with Gasteiger partial charge in [0.15, 0.2) is 0 Å². The molecule has 0 bridgehead atoms. The summed E-state index contributed by atoms with van der Waals surface area (Å²) < 4.78 is 4.90. The summed E-state index contributed by atoms with van der Waals surface area (Å²) in [6, 6.07) is 1.02. The molecule has 31 heavy (non-hydrogen) atoms. The third kappa shape index (κ3) is 4.89. The number of phenols is 2. The first-order chi connectivity index (χ1) is 14.9. The van der Waals surface area contributed by atoms with Crippen LogP contribution in [0.5, 0.6) is 11.5 Å². The fourth-order valence-corrected chi connectivity index (χ4v) is 4.96. The summed E-state index contributed by atoms with van der Waals surface area (Å²) in [5, 5.41) is 22.1. The van der Waals surface area contributed by atoms with Gasteiger partial charge in [-0.3, -0.25) is 4.79 Å². The van der Waals surface area contributed by atoms with E-state index in [-0.39, 0.29) is 28.9 Å². The molecule has 2 atom stereocenters. The van der Waals surface area contributed by atoms with Crippen molar-refractivity contribution in [2.45, 2.75) is 83.6 Å². The Morgan fingerprint density at radius 1 is 1.19 bits per heavy atom. The van der Waals surface area contributed by atoms with Gasteiger partial charge in [0.25, 0.3) is 5.91 Å². The molecule has 3 rings (SSSR count). The number of aromatic hydroxyl groups is 2. The minimum absolute atomic E-state index is 0.0439. The number of carbonyl (C=O) groups excluding carboxylic acids is 2. The smallest absolute Gasteiger partial charge is 0.328 e. The molecule has 1 aliphatic carbocycles. The maximum Gasteiger partial charge on any atom is 0.328 e. The second-order valence-corrected chi connectivity index (χ2v) is 8.84. The van der Waals surface area contributed by atoms with Crippen molar-refractivity contribution in [3.05, 3.63) is 34.4 Å². The average Bonchev–Trinajstić information content (AvgIpc) is 3.23. The highest BCUT2D eigenvalue weighted by atomic mass is 16.5. The molecule has 6 heteroatoms. The van der Waals surface area contributed by atoms with Gasteiger partial charge in [-0.25, -0.2) is 4.79 Å². The summed E-state index contributed by atoms with van der Waals surface area (Å²) in [5.74, 6) is -0.997. The summed E-state index contributed by atoms with van der Waals surface area (Å²) in [5.41, 5.74) is 2.52. The van der Waals surface area contributed by atoms with E-state index < -0.39 is 12.0 Å². The lowest BCUT2D eigenvalue weighted by atomic mass is 9.83. The van der Waals surface area contributed by atoms with Gasteiger partial charge in [0.2, 0.25) is 0 Å². The number of hydrogen-bond donors (Lipinski definition) is 2. The molecule has 1 aliphatic heterocycles. The molecule has 0 radical (unpaired) electrons. The zero-order valence-electron chi connectivity index (χ0n) is 18.9. The largest absolute Gasteiger partial charge is 0.507 e. The van der Waals surface area contributed by atoms with E-state index in [1.807, 2.05) is 0 Å². The number of allylic oxidation sites excluding steroid dienone is 2. The van der Waals surface area contributed by atoms with Gasteiger partial charge in [-0.05, 0) is 63.5 Å². The van der Waals surface area contributed by atoms with Crippen molar-refractivity contribution in [2.75, 3.05) is 13.7 Å². The Hall–Kier alpha value is -2.50. The Kier molecular flexibility index (Phi) is 7.63. The summed E-state index contributed by atoms with van der Waals surface area (Å²) in [6.07, 6.45) is 9.62. The number of nitrogens with zero attached hydrogens (tertiary/aromatic N) is 1. The number of carbonyl (C=O) groups is 2. The predicted molar refractivity (Wildman–Crippen MR) is 119 cm³/mol. The molecule has 1 amide bonds. The van der Waals surface area contributed by atoms with Crippen molar-refractivity contribution in [1.29, 1.82) is 0 Å². The number of benzene rings is 1. The summed E-state index contributed by atoms with van der Waals surface area (Å²) in [7, 11) is 1.33. The van der Waals surface area contributed by atoms with Crippen LogP contribution in [0.15, 0.2) is 17.7 Å². The molecule has 1 aromatic rings. The number of hydrogen-bond acceptors (Lipinski definition) is 5. The van der Waals surface area contributed by atoms with E-state index in [1.165, 1.54) is 17.6 Å². The fourth-order valence-electron chi connectivity index (χ4n) is 4.96. The van der Waals surface area contributed by atoms with Gasteiger partial charge >= 0.3 is 5.97 Å². The number of unbranched alkanes of at least 4 members (excludes halogenated alkanes) is 2. The van der Waals surface area contributed by atoms with Crippen molar-refractivity contribution < 1.29 is 24.5 Å². The SMILES string of the molecule is CCCCCc1cc(O)c(C2C=C(C)CCC2)c(O)c1C(=O)N1CCCC1C(=O)OC. The predicted octanol–water partition coefficient (Wildman–Crippen LogP) is 4.82. The van der Waals surface area contributed by atoms with Crippen molar-refractivity contribution in [2.24, 2.45) is 0 Å². The summed E-state index contributed by atoms with van der Waals surface area (Å²) >= 11 is 0. The first kappa shape index (κ1) is 23.2. The highest BCUT2D eigenvalue weighted by Crippen LogP contribution is 2.44. The molecular weight excluding hydrogens is 394 g/mol. The Labute approximate surface area is 184 Å². The van der Waals surface area contributed by atoms with Crippen LogP contribution in [0.2, 0.25) is 0 Å². The quantitative estimate of drug-likeness (QED) is 0.369. The van der Waals surface area contributed by atoms with E-state index in [9.17, 15) is 19.8 Å². The molecule has 170 valence electrons. The van der Waals surface area contributed by atoms with Crippen molar-refractivity contribution in [1.82, 2.24) is 4.90 Å². The molecule has 2 N–H and O–H groups in total. The topological polar surface area (TPSA) is 87.1 Å². The molecule has 0 aromatic heterocycles. The van der Waals surface area contributed by atoms with Crippen molar-refractivity contribution in [3.63, 3.8) is 0 Å². The Morgan fingerprint density at radius 2 is 1.97 bits per heavy atom. The molecule has 0 saturated carbocycles. The van der Waals surface area contributed by atoms with E-state index in [0.29, 0.717) is 36.9 Å². The molecule has 0 spiro atoms. The van der Waals surface area contributed by atoms with Gasteiger partial charge in [-0.2, -0.15) is 0 Å².